The fourth-order valence-corrected chi connectivity index (χ4v) is 3.45. The number of aryl methyl sites for hydroxylation is 2. The second-order valence-electron chi connectivity index (χ2n) is 7.20. The van der Waals surface area contributed by atoms with Crippen LogP contribution in [-0.2, 0) is 0 Å². The molecule has 28 heavy (non-hydrogen) atoms. The number of benzene rings is 2. The highest BCUT2D eigenvalue weighted by Crippen LogP contribution is 2.22. The Morgan fingerprint density at radius 1 is 0.857 bits per heavy atom. The zero-order chi connectivity index (χ0) is 19.5. The van der Waals surface area contributed by atoms with Gasteiger partial charge in [0.15, 0.2) is 5.82 Å². The van der Waals surface area contributed by atoms with Crippen LogP contribution in [-0.4, -0.2) is 47.0 Å². The lowest BCUT2D eigenvalue weighted by molar-refractivity contribution is 0.0746. The summed E-state index contributed by atoms with van der Waals surface area (Å²) in [4.78, 5) is 26.2. The minimum Gasteiger partial charge on any atom is -0.353 e. The Balaban J connectivity index is 1.49. The van der Waals surface area contributed by atoms with Gasteiger partial charge in [0.2, 0.25) is 0 Å². The molecule has 5 nitrogen and oxygen atoms in total. The van der Waals surface area contributed by atoms with E-state index in [0.29, 0.717) is 13.1 Å². The predicted molar refractivity (Wildman–Crippen MR) is 112 cm³/mol. The highest BCUT2D eigenvalue weighted by molar-refractivity contribution is 5.94. The zero-order valence-electron chi connectivity index (χ0n) is 16.3. The molecule has 5 heteroatoms. The van der Waals surface area contributed by atoms with E-state index in [0.717, 1.165) is 41.6 Å². The van der Waals surface area contributed by atoms with Crippen LogP contribution in [0, 0.1) is 13.8 Å². The predicted octanol–water partition coefficient (Wildman–Crippen LogP) is 3.72. The normalized spacial score (nSPS) is 14.2. The smallest absolute Gasteiger partial charge is 0.253 e. The molecule has 1 saturated heterocycles. The first-order valence-corrected chi connectivity index (χ1v) is 9.62. The van der Waals surface area contributed by atoms with Crippen molar-refractivity contribution in [1.29, 1.82) is 0 Å². The van der Waals surface area contributed by atoms with Gasteiger partial charge in [-0.1, -0.05) is 48.0 Å². The highest BCUT2D eigenvalue weighted by atomic mass is 16.2. The Labute approximate surface area is 165 Å². The van der Waals surface area contributed by atoms with E-state index in [2.05, 4.69) is 41.1 Å². The van der Waals surface area contributed by atoms with Crippen LogP contribution in [0.1, 0.15) is 21.6 Å². The van der Waals surface area contributed by atoms with Crippen LogP contribution in [0.2, 0.25) is 0 Å². The largest absolute Gasteiger partial charge is 0.353 e. The molecule has 142 valence electrons. The molecule has 0 unspecified atom stereocenters. The van der Waals surface area contributed by atoms with Crippen molar-refractivity contribution in [3.63, 3.8) is 0 Å². The number of hydrogen-bond donors (Lipinski definition) is 0. The van der Waals surface area contributed by atoms with Gasteiger partial charge in [0.1, 0.15) is 5.82 Å². The van der Waals surface area contributed by atoms with E-state index in [1.807, 2.05) is 48.2 Å². The van der Waals surface area contributed by atoms with Crippen LogP contribution in [0.3, 0.4) is 0 Å². The molecule has 0 bridgehead atoms. The minimum atomic E-state index is 0.0967. The van der Waals surface area contributed by atoms with Gasteiger partial charge in [-0.25, -0.2) is 9.97 Å². The van der Waals surface area contributed by atoms with E-state index in [1.54, 1.807) is 0 Å². The zero-order valence-corrected chi connectivity index (χ0v) is 16.3. The summed E-state index contributed by atoms with van der Waals surface area (Å²) in [6.45, 7) is 6.98. The van der Waals surface area contributed by atoms with Gasteiger partial charge >= 0.3 is 0 Å². The molecule has 0 saturated carbocycles. The summed E-state index contributed by atoms with van der Waals surface area (Å²) < 4.78 is 0. The molecule has 1 amide bonds. The van der Waals surface area contributed by atoms with Gasteiger partial charge in [0, 0.05) is 49.1 Å². The van der Waals surface area contributed by atoms with Crippen molar-refractivity contribution in [2.45, 2.75) is 13.8 Å². The SMILES string of the molecule is Cc1ccc(-c2nc(C)cc(N3CCN(C(=O)c4ccccc4)CC3)n2)cc1. The number of amides is 1. The van der Waals surface area contributed by atoms with E-state index in [-0.39, 0.29) is 5.91 Å². The second-order valence-corrected chi connectivity index (χ2v) is 7.20. The van der Waals surface area contributed by atoms with E-state index in [1.165, 1.54) is 5.56 Å². The average Bonchev–Trinajstić information content (AvgIpc) is 2.74. The maximum absolute atomic E-state index is 12.6. The fourth-order valence-electron chi connectivity index (χ4n) is 3.45. The minimum absolute atomic E-state index is 0.0967. The fraction of sp³-hybridized carbons (Fsp3) is 0.261. The molecular formula is C23H24N4O. The number of aromatic nitrogens is 2. The summed E-state index contributed by atoms with van der Waals surface area (Å²) in [6, 6.07) is 19.8. The van der Waals surface area contributed by atoms with Crippen molar-refractivity contribution >= 4 is 11.7 Å². The number of rotatable bonds is 3. The van der Waals surface area contributed by atoms with Gasteiger partial charge in [-0.2, -0.15) is 0 Å². The first kappa shape index (κ1) is 18.2. The Bertz CT molecular complexity index is 962. The molecule has 1 aromatic heterocycles. The van der Waals surface area contributed by atoms with Gasteiger partial charge in [-0.3, -0.25) is 4.79 Å². The Morgan fingerprint density at radius 2 is 1.54 bits per heavy atom. The van der Waals surface area contributed by atoms with Crippen LogP contribution in [0.5, 0.6) is 0 Å². The molecule has 0 aliphatic carbocycles. The van der Waals surface area contributed by atoms with E-state index in [4.69, 9.17) is 4.98 Å². The van der Waals surface area contributed by atoms with Crippen molar-refractivity contribution in [2.24, 2.45) is 0 Å². The van der Waals surface area contributed by atoms with Gasteiger partial charge in [-0.05, 0) is 26.0 Å². The summed E-state index contributed by atoms with van der Waals surface area (Å²) in [6.07, 6.45) is 0. The van der Waals surface area contributed by atoms with Gasteiger partial charge in [0.25, 0.3) is 5.91 Å². The molecule has 2 heterocycles. The highest BCUT2D eigenvalue weighted by Gasteiger charge is 2.23. The summed E-state index contributed by atoms with van der Waals surface area (Å²) >= 11 is 0. The average molecular weight is 372 g/mol. The van der Waals surface area contributed by atoms with E-state index in [9.17, 15) is 4.79 Å². The Hall–Kier alpha value is -3.21. The summed E-state index contributed by atoms with van der Waals surface area (Å²) in [5, 5.41) is 0. The van der Waals surface area contributed by atoms with Crippen LogP contribution >= 0.6 is 0 Å². The van der Waals surface area contributed by atoms with Crippen molar-refractivity contribution in [2.75, 3.05) is 31.1 Å². The molecule has 4 rings (SSSR count). The van der Waals surface area contributed by atoms with E-state index < -0.39 is 0 Å². The molecule has 1 aliphatic rings. The second kappa shape index (κ2) is 7.80. The quantitative estimate of drug-likeness (QED) is 0.703. The molecule has 2 aromatic carbocycles. The number of piperazine rings is 1. The maximum atomic E-state index is 12.6. The number of carbonyl (C=O) groups excluding carboxylic acids is 1. The third kappa shape index (κ3) is 3.88. The van der Waals surface area contributed by atoms with Crippen LogP contribution < -0.4 is 4.90 Å². The number of hydrogen-bond acceptors (Lipinski definition) is 4. The van der Waals surface area contributed by atoms with Crippen LogP contribution in [0.4, 0.5) is 5.82 Å². The summed E-state index contributed by atoms with van der Waals surface area (Å²) in [5.74, 6) is 1.77. The van der Waals surface area contributed by atoms with E-state index >= 15 is 0 Å². The van der Waals surface area contributed by atoms with Crippen molar-refractivity contribution in [3.05, 3.63) is 77.5 Å². The molecule has 1 fully saturated rings. The summed E-state index contributed by atoms with van der Waals surface area (Å²) in [7, 11) is 0. The Morgan fingerprint density at radius 3 is 2.21 bits per heavy atom. The number of anilines is 1. The molecule has 0 atom stereocenters. The lowest BCUT2D eigenvalue weighted by atomic mass is 10.1. The molecule has 0 spiro atoms. The van der Waals surface area contributed by atoms with Crippen LogP contribution in [0.25, 0.3) is 11.4 Å². The first-order chi connectivity index (χ1) is 13.6. The third-order valence-corrected chi connectivity index (χ3v) is 5.06. The topological polar surface area (TPSA) is 49.3 Å². The van der Waals surface area contributed by atoms with Gasteiger partial charge in [-0.15, -0.1) is 0 Å². The third-order valence-electron chi connectivity index (χ3n) is 5.06. The van der Waals surface area contributed by atoms with Gasteiger partial charge in [0.05, 0.1) is 0 Å². The lowest BCUT2D eigenvalue weighted by Crippen LogP contribution is -2.49. The molecule has 0 radical (unpaired) electrons. The van der Waals surface area contributed by atoms with Crippen LogP contribution in [0.15, 0.2) is 60.7 Å². The van der Waals surface area contributed by atoms with Crippen molar-refractivity contribution < 1.29 is 4.79 Å². The van der Waals surface area contributed by atoms with Crippen molar-refractivity contribution in [3.8, 4) is 11.4 Å². The first-order valence-electron chi connectivity index (χ1n) is 9.62. The van der Waals surface area contributed by atoms with Crippen molar-refractivity contribution in [1.82, 2.24) is 14.9 Å². The molecule has 1 aliphatic heterocycles. The Kier molecular flexibility index (Phi) is 5.06. The summed E-state index contributed by atoms with van der Waals surface area (Å²) in [5.41, 5.74) is 3.93. The molecule has 3 aromatic rings. The number of nitrogens with zero attached hydrogens (tertiary/aromatic N) is 4. The molecular weight excluding hydrogens is 348 g/mol. The maximum Gasteiger partial charge on any atom is 0.253 e. The standard InChI is InChI=1S/C23H24N4O/c1-17-8-10-19(11-9-17)22-24-18(2)16-21(25-22)26-12-14-27(15-13-26)23(28)20-6-4-3-5-7-20/h3-11,16H,12-15H2,1-2H3. The molecule has 0 N–H and O–H groups in total. The lowest BCUT2D eigenvalue weighted by Gasteiger charge is -2.35. The van der Waals surface area contributed by atoms with Gasteiger partial charge < -0.3 is 9.80 Å². The number of carbonyl (C=O) groups is 1. The monoisotopic (exact) mass is 372 g/mol.